The number of fused-ring (bicyclic) bond motifs is 2. The second kappa shape index (κ2) is 5.95. The van der Waals surface area contributed by atoms with Crippen LogP contribution in [0.2, 0.25) is 0 Å². The van der Waals surface area contributed by atoms with Crippen LogP contribution in [0.3, 0.4) is 0 Å². The fourth-order valence-corrected chi connectivity index (χ4v) is 3.32. The molecular weight excluding hydrogens is 343 g/mol. The van der Waals surface area contributed by atoms with Gasteiger partial charge in [0, 0.05) is 24.2 Å². The van der Waals surface area contributed by atoms with Gasteiger partial charge in [-0.25, -0.2) is 9.37 Å². The molecule has 1 aromatic carbocycles. The molecular formula is C21H15FN4O. The fraction of sp³-hybridized carbons (Fsp3) is 0.0476. The van der Waals surface area contributed by atoms with Crippen LogP contribution in [0.15, 0.2) is 73.6 Å². The Balaban J connectivity index is 1.49. The third-order valence-corrected chi connectivity index (χ3v) is 4.76. The van der Waals surface area contributed by atoms with Crippen LogP contribution in [0.5, 0.6) is 5.88 Å². The monoisotopic (exact) mass is 358 g/mol. The predicted molar refractivity (Wildman–Crippen MR) is 101 cm³/mol. The van der Waals surface area contributed by atoms with Crippen molar-refractivity contribution in [2.45, 2.75) is 6.54 Å². The van der Waals surface area contributed by atoms with Crippen molar-refractivity contribution in [1.29, 1.82) is 0 Å². The number of hydrogen-bond donors (Lipinski definition) is 1. The zero-order chi connectivity index (χ0) is 18.4. The minimum absolute atomic E-state index is 0.0899. The van der Waals surface area contributed by atoms with Crippen LogP contribution < -0.4 is 0 Å². The maximum absolute atomic E-state index is 14.7. The Morgan fingerprint density at radius 3 is 2.78 bits per heavy atom. The Bertz CT molecular complexity index is 1290. The minimum atomic E-state index is -0.316. The standard InChI is InChI=1S/C21H15FN4O/c22-19-8-14(15-5-6-17-9-23-13-26(17)10-15)3-4-16(19)11-25-12-20-18(21(25)27)2-1-7-24-20/h1-10,12-13,27H,11H2. The molecule has 0 bridgehead atoms. The van der Waals surface area contributed by atoms with Crippen molar-refractivity contribution in [2.75, 3.05) is 0 Å². The van der Waals surface area contributed by atoms with Crippen molar-refractivity contribution in [3.05, 3.63) is 85.0 Å². The summed E-state index contributed by atoms with van der Waals surface area (Å²) in [5.74, 6) is -0.226. The molecule has 5 aromatic rings. The van der Waals surface area contributed by atoms with Crippen molar-refractivity contribution in [3.8, 4) is 17.0 Å². The van der Waals surface area contributed by atoms with E-state index in [4.69, 9.17) is 0 Å². The summed E-state index contributed by atoms with van der Waals surface area (Å²) in [7, 11) is 0. The molecule has 0 fully saturated rings. The molecule has 5 nitrogen and oxygen atoms in total. The Kier molecular flexibility index (Phi) is 3.43. The number of pyridine rings is 2. The first-order valence-electron chi connectivity index (χ1n) is 8.52. The highest BCUT2D eigenvalue weighted by molar-refractivity contribution is 5.84. The van der Waals surface area contributed by atoms with E-state index >= 15 is 0 Å². The molecule has 0 aliphatic carbocycles. The lowest BCUT2D eigenvalue weighted by molar-refractivity contribution is 0.428. The van der Waals surface area contributed by atoms with Crippen LogP contribution in [0.4, 0.5) is 4.39 Å². The van der Waals surface area contributed by atoms with Crippen LogP contribution in [0.25, 0.3) is 27.5 Å². The summed E-state index contributed by atoms with van der Waals surface area (Å²) in [5, 5.41) is 11.0. The number of benzene rings is 1. The van der Waals surface area contributed by atoms with Gasteiger partial charge in [-0.1, -0.05) is 18.2 Å². The third kappa shape index (κ3) is 2.62. The number of rotatable bonds is 3. The predicted octanol–water partition coefficient (Wildman–Crippen LogP) is 4.24. The van der Waals surface area contributed by atoms with Crippen LogP contribution in [0.1, 0.15) is 5.56 Å². The lowest BCUT2D eigenvalue weighted by Crippen LogP contribution is -2.00. The smallest absolute Gasteiger partial charge is 0.201 e. The van der Waals surface area contributed by atoms with Gasteiger partial charge >= 0.3 is 0 Å². The van der Waals surface area contributed by atoms with E-state index in [0.717, 1.165) is 16.6 Å². The minimum Gasteiger partial charge on any atom is -0.494 e. The SMILES string of the molecule is Oc1c2cccnc2cn1Cc1ccc(-c2ccc3cncn3c2)cc1F. The third-order valence-electron chi connectivity index (χ3n) is 4.76. The summed E-state index contributed by atoms with van der Waals surface area (Å²) in [6, 6.07) is 12.6. The van der Waals surface area contributed by atoms with Gasteiger partial charge in [0.1, 0.15) is 5.82 Å². The molecule has 0 atom stereocenters. The summed E-state index contributed by atoms with van der Waals surface area (Å²) < 4.78 is 18.2. The van der Waals surface area contributed by atoms with Gasteiger partial charge in [-0.15, -0.1) is 0 Å². The summed E-state index contributed by atoms with van der Waals surface area (Å²) in [6.45, 7) is 0.231. The maximum Gasteiger partial charge on any atom is 0.201 e. The molecule has 27 heavy (non-hydrogen) atoms. The number of halogens is 1. The molecule has 4 heterocycles. The van der Waals surface area contributed by atoms with Crippen molar-refractivity contribution in [1.82, 2.24) is 18.9 Å². The average molecular weight is 358 g/mol. The van der Waals surface area contributed by atoms with E-state index in [1.165, 1.54) is 6.07 Å². The largest absolute Gasteiger partial charge is 0.494 e. The molecule has 0 saturated carbocycles. The second-order valence-corrected chi connectivity index (χ2v) is 6.47. The lowest BCUT2D eigenvalue weighted by Gasteiger charge is -2.09. The molecule has 0 amide bonds. The van der Waals surface area contributed by atoms with E-state index in [-0.39, 0.29) is 18.2 Å². The summed E-state index contributed by atoms with van der Waals surface area (Å²) >= 11 is 0. The molecule has 0 radical (unpaired) electrons. The van der Waals surface area contributed by atoms with Crippen LogP contribution in [-0.4, -0.2) is 24.0 Å². The molecule has 0 saturated heterocycles. The highest BCUT2D eigenvalue weighted by Crippen LogP contribution is 2.28. The van der Waals surface area contributed by atoms with Gasteiger partial charge in [0.25, 0.3) is 0 Å². The van der Waals surface area contributed by atoms with Gasteiger partial charge in [0.2, 0.25) is 5.88 Å². The zero-order valence-electron chi connectivity index (χ0n) is 14.2. The number of imidazole rings is 1. The van der Waals surface area contributed by atoms with Gasteiger partial charge in [-0.05, 0) is 35.4 Å². The zero-order valence-corrected chi connectivity index (χ0v) is 14.2. The Morgan fingerprint density at radius 1 is 1.04 bits per heavy atom. The first-order valence-corrected chi connectivity index (χ1v) is 8.52. The fourth-order valence-electron chi connectivity index (χ4n) is 3.32. The van der Waals surface area contributed by atoms with E-state index < -0.39 is 0 Å². The Labute approximate surface area is 154 Å². The highest BCUT2D eigenvalue weighted by atomic mass is 19.1. The van der Waals surface area contributed by atoms with Crippen molar-refractivity contribution < 1.29 is 9.50 Å². The molecule has 6 heteroatoms. The number of hydrogen-bond acceptors (Lipinski definition) is 3. The van der Waals surface area contributed by atoms with Gasteiger partial charge in [-0.2, -0.15) is 0 Å². The first kappa shape index (κ1) is 15.6. The van der Waals surface area contributed by atoms with Gasteiger partial charge < -0.3 is 14.1 Å². The topological polar surface area (TPSA) is 55.4 Å². The van der Waals surface area contributed by atoms with E-state index in [9.17, 15) is 9.50 Å². The first-order chi connectivity index (χ1) is 13.2. The normalized spacial score (nSPS) is 11.4. The summed E-state index contributed by atoms with van der Waals surface area (Å²) in [4.78, 5) is 8.32. The van der Waals surface area contributed by atoms with Crippen molar-refractivity contribution >= 4 is 16.4 Å². The van der Waals surface area contributed by atoms with E-state index in [1.807, 2.05) is 28.8 Å². The molecule has 132 valence electrons. The van der Waals surface area contributed by atoms with Crippen molar-refractivity contribution in [2.24, 2.45) is 0 Å². The van der Waals surface area contributed by atoms with Crippen LogP contribution >= 0.6 is 0 Å². The quantitative estimate of drug-likeness (QED) is 0.525. The molecule has 0 aliphatic rings. The van der Waals surface area contributed by atoms with Crippen molar-refractivity contribution in [3.63, 3.8) is 0 Å². The second-order valence-electron chi connectivity index (χ2n) is 6.47. The molecule has 0 unspecified atom stereocenters. The Hall–Kier alpha value is -3.67. The molecule has 5 rings (SSSR count). The van der Waals surface area contributed by atoms with Crippen LogP contribution in [0, 0.1) is 5.82 Å². The number of nitrogens with zero attached hydrogens (tertiary/aromatic N) is 4. The Morgan fingerprint density at radius 2 is 1.93 bits per heavy atom. The molecule has 1 N–H and O–H groups in total. The summed E-state index contributed by atoms with van der Waals surface area (Å²) in [6.07, 6.45) is 8.81. The van der Waals surface area contributed by atoms with Crippen LogP contribution in [-0.2, 0) is 6.54 Å². The van der Waals surface area contributed by atoms with Gasteiger partial charge in [0.15, 0.2) is 0 Å². The average Bonchev–Trinajstić information content (AvgIpc) is 3.28. The maximum atomic E-state index is 14.7. The number of aromatic hydroxyl groups is 1. The van der Waals surface area contributed by atoms with E-state index in [0.29, 0.717) is 16.5 Å². The highest BCUT2D eigenvalue weighted by Gasteiger charge is 2.12. The van der Waals surface area contributed by atoms with E-state index in [2.05, 4.69) is 9.97 Å². The molecule has 4 aromatic heterocycles. The van der Waals surface area contributed by atoms with Gasteiger partial charge in [0.05, 0.1) is 35.5 Å². The summed E-state index contributed by atoms with van der Waals surface area (Å²) in [5.41, 5.74) is 3.86. The lowest BCUT2D eigenvalue weighted by atomic mass is 10.0. The molecule has 0 aliphatic heterocycles. The van der Waals surface area contributed by atoms with E-state index in [1.54, 1.807) is 47.7 Å². The number of aromatic nitrogens is 4. The van der Waals surface area contributed by atoms with Gasteiger partial charge in [-0.3, -0.25) is 4.98 Å². The molecule has 0 spiro atoms.